The number of para-hydroxylation sites is 1. The van der Waals surface area contributed by atoms with Crippen LogP contribution in [0.4, 0.5) is 0 Å². The molecule has 3 rings (SSSR count). The second kappa shape index (κ2) is 7.42. The smallest absolute Gasteiger partial charge is 0.306 e. The summed E-state index contributed by atoms with van der Waals surface area (Å²) < 4.78 is 58.4. The van der Waals surface area contributed by atoms with Crippen molar-refractivity contribution in [3.05, 3.63) is 78.9 Å². The van der Waals surface area contributed by atoms with Gasteiger partial charge in [-0.25, -0.2) is 8.42 Å². The summed E-state index contributed by atoms with van der Waals surface area (Å²) in [6, 6.07) is 20.4. The van der Waals surface area contributed by atoms with E-state index in [4.69, 9.17) is 8.92 Å². The highest BCUT2D eigenvalue weighted by Gasteiger charge is 2.19. The lowest BCUT2D eigenvalue weighted by molar-refractivity contribution is 0.482. The van der Waals surface area contributed by atoms with Gasteiger partial charge in [-0.2, -0.15) is 8.42 Å². The van der Waals surface area contributed by atoms with Gasteiger partial charge in [0.25, 0.3) is 0 Å². The lowest BCUT2D eigenvalue weighted by Crippen LogP contribution is -2.07. The van der Waals surface area contributed by atoms with Gasteiger partial charge in [-0.3, -0.25) is 0 Å². The lowest BCUT2D eigenvalue weighted by Gasteiger charge is -2.09. The largest absolute Gasteiger partial charge is 0.457 e. The van der Waals surface area contributed by atoms with Crippen LogP contribution < -0.4 is 8.92 Å². The maximum Gasteiger partial charge on any atom is 0.306 e. The Morgan fingerprint density at radius 1 is 0.630 bits per heavy atom. The van der Waals surface area contributed by atoms with Crippen LogP contribution in [0.15, 0.2) is 88.7 Å². The molecule has 3 aromatic carbocycles. The fraction of sp³-hybridized carbons (Fsp3) is 0.0526. The number of hydrogen-bond acceptors (Lipinski definition) is 6. The van der Waals surface area contributed by atoms with Crippen LogP contribution in [-0.4, -0.2) is 23.1 Å². The molecule has 0 amide bonds. The minimum Gasteiger partial charge on any atom is -0.457 e. The zero-order chi connectivity index (χ0) is 19.5. The second-order valence-corrected chi connectivity index (χ2v) is 9.18. The number of sulfone groups is 1. The van der Waals surface area contributed by atoms with Gasteiger partial charge >= 0.3 is 10.1 Å². The molecule has 0 radical (unpaired) electrons. The van der Waals surface area contributed by atoms with E-state index in [2.05, 4.69) is 0 Å². The zero-order valence-electron chi connectivity index (χ0n) is 14.3. The Morgan fingerprint density at radius 3 is 1.85 bits per heavy atom. The van der Waals surface area contributed by atoms with Crippen molar-refractivity contribution in [3.63, 3.8) is 0 Å². The van der Waals surface area contributed by atoms with Crippen LogP contribution in [0.25, 0.3) is 0 Å². The highest BCUT2D eigenvalue weighted by molar-refractivity contribution is 7.91. The molecule has 140 valence electrons. The Labute approximate surface area is 158 Å². The molecule has 8 heteroatoms. The monoisotopic (exact) mass is 404 g/mol. The summed E-state index contributed by atoms with van der Waals surface area (Å²) >= 11 is 0. The lowest BCUT2D eigenvalue weighted by atomic mass is 10.3. The number of ether oxygens (including phenoxy) is 1. The number of hydrogen-bond donors (Lipinski definition) is 0. The van der Waals surface area contributed by atoms with Crippen LogP contribution in [0, 0.1) is 0 Å². The van der Waals surface area contributed by atoms with Crippen molar-refractivity contribution >= 4 is 20.0 Å². The van der Waals surface area contributed by atoms with Crippen LogP contribution in [0.2, 0.25) is 0 Å². The van der Waals surface area contributed by atoms with Gasteiger partial charge < -0.3 is 8.92 Å². The van der Waals surface area contributed by atoms with Crippen molar-refractivity contribution in [2.24, 2.45) is 0 Å². The molecule has 0 saturated carbocycles. The molecule has 0 aliphatic carbocycles. The maximum atomic E-state index is 12.8. The molecular weight excluding hydrogens is 388 g/mol. The van der Waals surface area contributed by atoms with E-state index >= 15 is 0 Å². The second-order valence-electron chi connectivity index (χ2n) is 5.65. The van der Waals surface area contributed by atoms with E-state index < -0.39 is 20.0 Å². The highest BCUT2D eigenvalue weighted by Crippen LogP contribution is 2.27. The van der Waals surface area contributed by atoms with E-state index in [1.807, 2.05) is 18.2 Å². The summed E-state index contributed by atoms with van der Waals surface area (Å²) in [5.41, 5.74) is 0. The van der Waals surface area contributed by atoms with Crippen molar-refractivity contribution in [2.45, 2.75) is 9.79 Å². The third kappa shape index (κ3) is 4.87. The molecule has 3 aromatic rings. The molecule has 0 unspecified atom stereocenters. The molecule has 0 heterocycles. The molecular formula is C19H16O6S2. The molecule has 0 atom stereocenters. The molecule has 0 saturated heterocycles. The Hall–Kier alpha value is -2.84. The minimum atomic E-state index is -3.84. The first-order chi connectivity index (χ1) is 12.7. The molecule has 0 bridgehead atoms. The molecule has 27 heavy (non-hydrogen) atoms. The molecule has 0 fully saturated rings. The quantitative estimate of drug-likeness (QED) is 0.583. The average molecular weight is 404 g/mol. The van der Waals surface area contributed by atoms with Crippen molar-refractivity contribution in [1.82, 2.24) is 0 Å². The Bertz CT molecular complexity index is 1140. The van der Waals surface area contributed by atoms with E-state index in [9.17, 15) is 16.8 Å². The predicted octanol–water partition coefficient (Wildman–Crippen LogP) is 3.65. The maximum absolute atomic E-state index is 12.8. The minimum absolute atomic E-state index is 0.0550. The van der Waals surface area contributed by atoms with Gasteiger partial charge in [-0.15, -0.1) is 0 Å². The summed E-state index contributed by atoms with van der Waals surface area (Å²) in [5, 5.41) is 0. The van der Waals surface area contributed by atoms with Crippen molar-refractivity contribution in [2.75, 3.05) is 6.26 Å². The van der Waals surface area contributed by atoms with Gasteiger partial charge in [-0.05, 0) is 48.5 Å². The highest BCUT2D eigenvalue weighted by atomic mass is 32.2. The summed E-state index contributed by atoms with van der Waals surface area (Å²) in [6.45, 7) is 0. The van der Waals surface area contributed by atoms with Crippen LogP contribution in [0.3, 0.4) is 0 Å². The van der Waals surface area contributed by atoms with Gasteiger partial charge in [0, 0.05) is 6.07 Å². The molecule has 0 aromatic heterocycles. The Balaban J connectivity index is 1.86. The van der Waals surface area contributed by atoms with Crippen molar-refractivity contribution < 1.29 is 25.8 Å². The summed E-state index contributed by atoms with van der Waals surface area (Å²) in [6.07, 6.45) is 0.889. The average Bonchev–Trinajstić information content (AvgIpc) is 2.62. The van der Waals surface area contributed by atoms with E-state index in [-0.39, 0.29) is 15.5 Å². The topological polar surface area (TPSA) is 86.7 Å². The van der Waals surface area contributed by atoms with Gasteiger partial charge in [-0.1, -0.05) is 24.3 Å². The van der Waals surface area contributed by atoms with Crippen LogP contribution >= 0.6 is 0 Å². The third-order valence-corrected chi connectivity index (χ3v) is 5.74. The van der Waals surface area contributed by atoms with E-state index in [0.717, 1.165) is 6.26 Å². The first-order valence-electron chi connectivity index (χ1n) is 7.82. The fourth-order valence-electron chi connectivity index (χ4n) is 2.32. The Morgan fingerprint density at radius 2 is 1.22 bits per heavy atom. The Kier molecular flexibility index (Phi) is 5.20. The van der Waals surface area contributed by atoms with Crippen molar-refractivity contribution in [1.29, 1.82) is 0 Å². The van der Waals surface area contributed by atoms with Crippen LogP contribution in [-0.2, 0) is 20.0 Å². The van der Waals surface area contributed by atoms with Gasteiger partial charge in [0.05, 0.1) is 16.0 Å². The van der Waals surface area contributed by atoms with E-state index in [0.29, 0.717) is 11.5 Å². The summed E-state index contributed by atoms with van der Waals surface area (Å²) in [7, 11) is -7.59. The third-order valence-electron chi connectivity index (χ3n) is 3.48. The van der Waals surface area contributed by atoms with E-state index in [1.54, 1.807) is 24.3 Å². The first-order valence-corrected chi connectivity index (χ1v) is 11.1. The van der Waals surface area contributed by atoms with Crippen LogP contribution in [0.1, 0.15) is 0 Å². The standard InChI is InChI=1S/C19H16O6S2/c1-26(20,21)25-17-8-5-9-19(14-17)27(22,23)18-12-10-16(11-13-18)24-15-6-3-2-4-7-15/h2-14H,1H3. The molecule has 0 aliphatic heterocycles. The van der Waals surface area contributed by atoms with Gasteiger partial charge in [0.1, 0.15) is 17.2 Å². The molecule has 0 N–H and O–H groups in total. The summed E-state index contributed by atoms with van der Waals surface area (Å²) in [5.74, 6) is 1.07. The van der Waals surface area contributed by atoms with Gasteiger partial charge in [0.15, 0.2) is 0 Å². The fourth-order valence-corrected chi connectivity index (χ4v) is 4.06. The molecule has 6 nitrogen and oxygen atoms in total. The first kappa shape index (κ1) is 18.9. The predicted molar refractivity (Wildman–Crippen MR) is 100 cm³/mol. The molecule has 0 aliphatic rings. The normalized spacial score (nSPS) is 11.7. The van der Waals surface area contributed by atoms with E-state index in [1.165, 1.54) is 36.4 Å². The molecule has 0 spiro atoms. The van der Waals surface area contributed by atoms with Crippen molar-refractivity contribution in [3.8, 4) is 17.2 Å². The van der Waals surface area contributed by atoms with Crippen LogP contribution in [0.5, 0.6) is 17.2 Å². The van der Waals surface area contributed by atoms with Gasteiger partial charge in [0.2, 0.25) is 9.84 Å². The SMILES string of the molecule is CS(=O)(=O)Oc1cccc(S(=O)(=O)c2ccc(Oc3ccccc3)cc2)c1. The number of rotatable bonds is 6. The zero-order valence-corrected chi connectivity index (χ0v) is 15.9. The summed E-state index contributed by atoms with van der Waals surface area (Å²) in [4.78, 5) is -0.0141. The number of benzene rings is 3.